The van der Waals surface area contributed by atoms with E-state index in [1.165, 1.54) is 4.88 Å². The van der Waals surface area contributed by atoms with Crippen LogP contribution in [0.3, 0.4) is 0 Å². The van der Waals surface area contributed by atoms with Crippen LogP contribution in [0.4, 0.5) is 0 Å². The van der Waals surface area contributed by atoms with Crippen LogP contribution >= 0.6 is 11.3 Å². The van der Waals surface area contributed by atoms with Crippen LogP contribution in [0, 0.1) is 0 Å². The van der Waals surface area contributed by atoms with Gasteiger partial charge in [-0.15, -0.1) is 11.3 Å². The standard InChI is InChI=1S/C18H24N2O3S/c1-13(17-6-5-9-24-17)20(2)12-18(21)19-11-14-7-8-15(22-3)16(10-14)23-4/h5-10,13H,11-12H2,1-4H3,(H,19,21). The third kappa shape index (κ3) is 4.72. The molecule has 5 nitrogen and oxygen atoms in total. The van der Waals surface area contributed by atoms with Crippen LogP contribution in [0.2, 0.25) is 0 Å². The fourth-order valence-electron chi connectivity index (χ4n) is 2.36. The molecule has 0 fully saturated rings. The summed E-state index contributed by atoms with van der Waals surface area (Å²) >= 11 is 1.71. The molecule has 6 heteroatoms. The van der Waals surface area contributed by atoms with Crippen LogP contribution < -0.4 is 14.8 Å². The van der Waals surface area contributed by atoms with E-state index in [2.05, 4.69) is 23.7 Å². The zero-order valence-corrected chi connectivity index (χ0v) is 15.4. The molecule has 0 bridgehead atoms. The van der Waals surface area contributed by atoms with E-state index in [1.54, 1.807) is 25.6 Å². The van der Waals surface area contributed by atoms with Gasteiger partial charge in [0.2, 0.25) is 5.91 Å². The molecule has 0 spiro atoms. The normalized spacial score (nSPS) is 12.0. The van der Waals surface area contributed by atoms with Crippen molar-refractivity contribution in [3.8, 4) is 11.5 Å². The summed E-state index contributed by atoms with van der Waals surface area (Å²) in [6.07, 6.45) is 0. The molecule has 1 N–H and O–H groups in total. The van der Waals surface area contributed by atoms with Gasteiger partial charge in [0.05, 0.1) is 20.8 Å². The average molecular weight is 348 g/mol. The van der Waals surface area contributed by atoms with Gasteiger partial charge < -0.3 is 14.8 Å². The van der Waals surface area contributed by atoms with Crippen molar-refractivity contribution in [1.82, 2.24) is 10.2 Å². The van der Waals surface area contributed by atoms with Crippen molar-refractivity contribution < 1.29 is 14.3 Å². The van der Waals surface area contributed by atoms with Crippen molar-refractivity contribution in [2.75, 3.05) is 27.8 Å². The average Bonchev–Trinajstić information content (AvgIpc) is 3.13. The van der Waals surface area contributed by atoms with E-state index in [0.717, 1.165) is 5.56 Å². The number of benzene rings is 1. The summed E-state index contributed by atoms with van der Waals surface area (Å²) in [6.45, 7) is 2.92. The smallest absolute Gasteiger partial charge is 0.234 e. The molecule has 130 valence electrons. The SMILES string of the molecule is COc1ccc(CNC(=O)CN(C)C(C)c2cccs2)cc1OC. The Labute approximate surface area is 147 Å². The molecule has 2 rings (SSSR count). The van der Waals surface area contributed by atoms with Crippen LogP contribution in [0.5, 0.6) is 11.5 Å². The first-order chi connectivity index (χ1) is 11.5. The second-order valence-electron chi connectivity index (χ2n) is 5.57. The summed E-state index contributed by atoms with van der Waals surface area (Å²) < 4.78 is 10.5. The Morgan fingerprint density at radius 1 is 1.25 bits per heavy atom. The van der Waals surface area contributed by atoms with Crippen LogP contribution in [0.15, 0.2) is 35.7 Å². The lowest BCUT2D eigenvalue weighted by Gasteiger charge is -2.23. The zero-order valence-electron chi connectivity index (χ0n) is 14.5. The Morgan fingerprint density at radius 2 is 2.00 bits per heavy atom. The molecular weight excluding hydrogens is 324 g/mol. The van der Waals surface area contributed by atoms with Crippen LogP contribution in [-0.2, 0) is 11.3 Å². The largest absolute Gasteiger partial charge is 0.493 e. The zero-order chi connectivity index (χ0) is 17.5. The third-order valence-electron chi connectivity index (χ3n) is 3.95. The molecule has 2 aromatic rings. The van der Waals surface area contributed by atoms with Gasteiger partial charge in [-0.1, -0.05) is 12.1 Å². The Bertz CT molecular complexity index is 658. The Balaban J connectivity index is 1.86. The molecule has 0 saturated carbocycles. The molecular formula is C18H24N2O3S. The Hall–Kier alpha value is -2.05. The van der Waals surface area contributed by atoms with Gasteiger partial charge in [-0.3, -0.25) is 9.69 Å². The van der Waals surface area contributed by atoms with Gasteiger partial charge in [-0.2, -0.15) is 0 Å². The number of rotatable bonds is 8. The number of hydrogen-bond donors (Lipinski definition) is 1. The quantitative estimate of drug-likeness (QED) is 0.796. The molecule has 24 heavy (non-hydrogen) atoms. The van der Waals surface area contributed by atoms with E-state index in [-0.39, 0.29) is 11.9 Å². The van der Waals surface area contributed by atoms with Crippen molar-refractivity contribution in [2.24, 2.45) is 0 Å². The molecule has 1 aromatic carbocycles. The maximum atomic E-state index is 12.2. The summed E-state index contributed by atoms with van der Waals surface area (Å²) in [7, 11) is 5.16. The molecule has 0 saturated heterocycles. The first-order valence-corrected chi connectivity index (χ1v) is 8.64. The van der Waals surface area contributed by atoms with Gasteiger partial charge in [0.15, 0.2) is 11.5 Å². The minimum Gasteiger partial charge on any atom is -0.493 e. The van der Waals surface area contributed by atoms with Gasteiger partial charge in [0.25, 0.3) is 0 Å². The highest BCUT2D eigenvalue weighted by Crippen LogP contribution is 2.27. The fourth-order valence-corrected chi connectivity index (χ4v) is 3.21. The molecule has 0 aliphatic heterocycles. The van der Waals surface area contributed by atoms with Crippen molar-refractivity contribution in [2.45, 2.75) is 19.5 Å². The lowest BCUT2D eigenvalue weighted by molar-refractivity contribution is -0.122. The summed E-state index contributed by atoms with van der Waals surface area (Å²) in [5, 5.41) is 5.00. The van der Waals surface area contributed by atoms with E-state index >= 15 is 0 Å². The van der Waals surface area contributed by atoms with E-state index in [0.29, 0.717) is 24.6 Å². The summed E-state index contributed by atoms with van der Waals surface area (Å²) in [5.74, 6) is 1.33. The predicted molar refractivity (Wildman–Crippen MR) is 96.8 cm³/mol. The molecule has 1 amide bonds. The summed E-state index contributed by atoms with van der Waals surface area (Å²) in [4.78, 5) is 15.5. The van der Waals surface area contributed by atoms with Gasteiger partial charge in [-0.25, -0.2) is 0 Å². The number of hydrogen-bond acceptors (Lipinski definition) is 5. The molecule has 1 atom stereocenters. The first-order valence-electron chi connectivity index (χ1n) is 7.76. The van der Waals surface area contributed by atoms with Gasteiger partial charge >= 0.3 is 0 Å². The number of carbonyl (C=O) groups is 1. The maximum Gasteiger partial charge on any atom is 0.234 e. The topological polar surface area (TPSA) is 50.8 Å². The van der Waals surface area contributed by atoms with Gasteiger partial charge in [0, 0.05) is 17.5 Å². The van der Waals surface area contributed by atoms with Crippen LogP contribution in [0.1, 0.15) is 23.4 Å². The number of carbonyl (C=O) groups excluding carboxylic acids is 1. The highest BCUT2D eigenvalue weighted by molar-refractivity contribution is 7.10. The second-order valence-corrected chi connectivity index (χ2v) is 6.55. The molecule has 0 aliphatic carbocycles. The number of ether oxygens (including phenoxy) is 2. The number of nitrogens with one attached hydrogen (secondary N) is 1. The number of thiophene rings is 1. The Morgan fingerprint density at radius 3 is 2.62 bits per heavy atom. The minimum absolute atomic E-state index is 0.00399. The first kappa shape index (κ1) is 18.3. The molecule has 0 aliphatic rings. The van der Waals surface area contributed by atoms with Crippen LogP contribution in [-0.4, -0.2) is 38.6 Å². The highest BCUT2D eigenvalue weighted by Gasteiger charge is 2.15. The second kappa shape index (κ2) is 8.70. The fraction of sp³-hybridized carbons (Fsp3) is 0.389. The lowest BCUT2D eigenvalue weighted by atomic mass is 10.2. The van der Waals surface area contributed by atoms with E-state index < -0.39 is 0 Å². The van der Waals surface area contributed by atoms with E-state index in [9.17, 15) is 4.79 Å². The Kier molecular flexibility index (Phi) is 6.63. The van der Waals surface area contributed by atoms with E-state index in [4.69, 9.17) is 9.47 Å². The minimum atomic E-state index is -0.00399. The molecule has 0 radical (unpaired) electrons. The molecule has 1 unspecified atom stereocenters. The van der Waals surface area contributed by atoms with Crippen molar-refractivity contribution in [3.63, 3.8) is 0 Å². The highest BCUT2D eigenvalue weighted by atomic mass is 32.1. The monoisotopic (exact) mass is 348 g/mol. The third-order valence-corrected chi connectivity index (χ3v) is 4.99. The van der Waals surface area contributed by atoms with E-state index in [1.807, 2.05) is 36.2 Å². The van der Waals surface area contributed by atoms with Crippen molar-refractivity contribution >= 4 is 17.2 Å². The number of amides is 1. The number of methoxy groups -OCH3 is 2. The van der Waals surface area contributed by atoms with Gasteiger partial charge in [0.1, 0.15) is 0 Å². The van der Waals surface area contributed by atoms with Crippen molar-refractivity contribution in [3.05, 3.63) is 46.2 Å². The van der Waals surface area contributed by atoms with Gasteiger partial charge in [-0.05, 0) is 43.1 Å². The van der Waals surface area contributed by atoms with Crippen molar-refractivity contribution in [1.29, 1.82) is 0 Å². The number of nitrogens with zero attached hydrogens (tertiary/aromatic N) is 1. The number of likely N-dealkylation sites (N-methyl/N-ethyl adjacent to an activating group) is 1. The lowest BCUT2D eigenvalue weighted by Crippen LogP contribution is -2.35. The molecule has 1 aromatic heterocycles. The maximum absolute atomic E-state index is 12.2. The summed E-state index contributed by atoms with van der Waals surface area (Å²) in [6, 6.07) is 9.97. The summed E-state index contributed by atoms with van der Waals surface area (Å²) in [5.41, 5.74) is 0.968. The predicted octanol–water partition coefficient (Wildman–Crippen LogP) is 3.07. The van der Waals surface area contributed by atoms with Crippen LogP contribution in [0.25, 0.3) is 0 Å². The molecule has 1 heterocycles.